The van der Waals surface area contributed by atoms with Crippen LogP contribution in [0.4, 0.5) is 0 Å². The molecule has 1 aliphatic rings. The van der Waals surface area contributed by atoms with Crippen molar-refractivity contribution < 1.29 is 4.79 Å². The minimum atomic E-state index is -0.149. The number of thioether (sulfide) groups is 1. The number of aromatic nitrogens is 1. The average Bonchev–Trinajstić information content (AvgIpc) is 2.99. The Morgan fingerprint density at radius 1 is 1.26 bits per heavy atom. The van der Waals surface area contributed by atoms with Crippen molar-refractivity contribution in [2.75, 3.05) is 0 Å². The van der Waals surface area contributed by atoms with E-state index in [9.17, 15) is 4.79 Å². The quantitative estimate of drug-likeness (QED) is 0.683. The highest BCUT2D eigenvalue weighted by molar-refractivity contribution is 8.26. The Hall–Kier alpha value is -1.50. The highest BCUT2D eigenvalue weighted by atomic mass is 32.2. The van der Waals surface area contributed by atoms with Gasteiger partial charge in [-0.15, -0.1) is 11.3 Å². The maximum absolute atomic E-state index is 11.6. The predicted molar refractivity (Wildman–Crippen MR) is 83.9 cm³/mol. The molecular formula is C13H8N2OS3. The van der Waals surface area contributed by atoms with Gasteiger partial charge in [0.1, 0.15) is 9.33 Å². The van der Waals surface area contributed by atoms with E-state index in [4.69, 9.17) is 12.2 Å². The Morgan fingerprint density at radius 2 is 2.05 bits per heavy atom. The molecule has 1 aromatic heterocycles. The van der Waals surface area contributed by atoms with Crippen LogP contribution < -0.4 is 5.32 Å². The number of hydrogen-bond acceptors (Lipinski definition) is 5. The third kappa shape index (κ3) is 2.75. The molecule has 0 atom stereocenters. The lowest BCUT2D eigenvalue weighted by Crippen LogP contribution is -2.17. The molecule has 1 N–H and O–H groups in total. The highest BCUT2D eigenvalue weighted by Gasteiger charge is 2.22. The molecule has 0 radical (unpaired) electrons. The van der Waals surface area contributed by atoms with Gasteiger partial charge in [0.15, 0.2) is 0 Å². The first-order chi connectivity index (χ1) is 9.22. The van der Waals surface area contributed by atoms with E-state index in [2.05, 4.69) is 10.3 Å². The van der Waals surface area contributed by atoms with Crippen LogP contribution in [0.2, 0.25) is 0 Å². The first-order valence-corrected chi connectivity index (χ1v) is 7.58. The molecule has 2 heterocycles. The number of amides is 1. The van der Waals surface area contributed by atoms with Crippen LogP contribution >= 0.6 is 35.3 Å². The van der Waals surface area contributed by atoms with Crippen LogP contribution in [0.1, 0.15) is 5.69 Å². The molecule has 1 aromatic carbocycles. The van der Waals surface area contributed by atoms with Gasteiger partial charge >= 0.3 is 0 Å². The van der Waals surface area contributed by atoms with Gasteiger partial charge in [-0.1, -0.05) is 54.3 Å². The summed E-state index contributed by atoms with van der Waals surface area (Å²) in [6.07, 6.45) is 1.77. The summed E-state index contributed by atoms with van der Waals surface area (Å²) in [6, 6.07) is 9.96. The second kappa shape index (κ2) is 5.24. The molecule has 2 aromatic rings. The fraction of sp³-hybridized carbons (Fsp3) is 0. The molecule has 0 spiro atoms. The topological polar surface area (TPSA) is 42.0 Å². The molecule has 19 heavy (non-hydrogen) atoms. The fourth-order valence-corrected chi connectivity index (χ4v) is 3.43. The summed E-state index contributed by atoms with van der Waals surface area (Å²) >= 11 is 7.77. The number of thiocarbonyl (C=S) groups is 1. The third-order valence-electron chi connectivity index (χ3n) is 2.46. The summed E-state index contributed by atoms with van der Waals surface area (Å²) in [5, 5.41) is 5.47. The Kier molecular flexibility index (Phi) is 3.46. The summed E-state index contributed by atoms with van der Waals surface area (Å²) in [5.74, 6) is -0.149. The number of benzene rings is 1. The van der Waals surface area contributed by atoms with Gasteiger partial charge in [0.2, 0.25) is 0 Å². The number of nitrogens with one attached hydrogen (secondary N) is 1. The minimum Gasteiger partial charge on any atom is -0.307 e. The number of hydrogen-bond donors (Lipinski definition) is 1. The average molecular weight is 304 g/mol. The van der Waals surface area contributed by atoms with Gasteiger partial charge in [0.05, 0.1) is 10.6 Å². The maximum atomic E-state index is 11.6. The molecule has 1 saturated heterocycles. The van der Waals surface area contributed by atoms with Crippen molar-refractivity contribution in [1.82, 2.24) is 10.3 Å². The molecule has 1 amide bonds. The first kappa shape index (κ1) is 12.5. The molecule has 0 bridgehead atoms. The number of nitrogens with zero attached hydrogens (tertiary/aromatic N) is 1. The van der Waals surface area contributed by atoms with Crippen LogP contribution in [0.5, 0.6) is 0 Å². The molecule has 3 rings (SSSR count). The van der Waals surface area contributed by atoms with Crippen LogP contribution in [0.3, 0.4) is 0 Å². The summed E-state index contributed by atoms with van der Waals surface area (Å²) in [6.45, 7) is 0. The standard InChI is InChI=1S/C13H8N2OS3/c16-11-10(19-13(17)15-11)6-9-7-18-12(14-9)8-4-2-1-3-5-8/h1-7H,(H,15,16,17)/b10-6+. The number of carbonyl (C=O) groups is 1. The van der Waals surface area contributed by atoms with E-state index in [0.717, 1.165) is 16.3 Å². The van der Waals surface area contributed by atoms with Gasteiger partial charge in [0, 0.05) is 10.9 Å². The molecule has 1 fully saturated rings. The van der Waals surface area contributed by atoms with E-state index >= 15 is 0 Å². The lowest BCUT2D eigenvalue weighted by Gasteiger charge is -1.93. The van der Waals surface area contributed by atoms with E-state index in [-0.39, 0.29) is 5.91 Å². The molecule has 0 aliphatic carbocycles. The molecular weight excluding hydrogens is 296 g/mol. The van der Waals surface area contributed by atoms with Gasteiger partial charge in [-0.2, -0.15) is 0 Å². The Labute approximate surface area is 123 Å². The van der Waals surface area contributed by atoms with Crippen molar-refractivity contribution >= 4 is 51.6 Å². The molecule has 6 heteroatoms. The van der Waals surface area contributed by atoms with Crippen LogP contribution in [0.15, 0.2) is 40.6 Å². The molecule has 94 valence electrons. The summed E-state index contributed by atoms with van der Waals surface area (Å²) in [4.78, 5) is 16.7. The van der Waals surface area contributed by atoms with Crippen LogP contribution in [0.25, 0.3) is 16.6 Å². The first-order valence-electron chi connectivity index (χ1n) is 5.48. The summed E-state index contributed by atoms with van der Waals surface area (Å²) in [5.41, 5.74) is 1.86. The summed E-state index contributed by atoms with van der Waals surface area (Å²) < 4.78 is 0.495. The van der Waals surface area contributed by atoms with Gasteiger partial charge in [0.25, 0.3) is 5.91 Å². The molecule has 1 aliphatic heterocycles. The second-order valence-corrected chi connectivity index (χ2v) is 6.37. The van der Waals surface area contributed by atoms with E-state index in [1.807, 2.05) is 35.7 Å². The number of thiazole rings is 1. The Morgan fingerprint density at radius 3 is 2.74 bits per heavy atom. The predicted octanol–water partition coefficient (Wildman–Crippen LogP) is 3.30. The highest BCUT2D eigenvalue weighted by Crippen LogP contribution is 2.28. The van der Waals surface area contributed by atoms with Crippen molar-refractivity contribution in [1.29, 1.82) is 0 Å². The van der Waals surface area contributed by atoms with Gasteiger partial charge in [-0.05, 0) is 6.08 Å². The second-order valence-electron chi connectivity index (χ2n) is 3.80. The van der Waals surface area contributed by atoms with E-state index in [1.165, 1.54) is 11.8 Å². The van der Waals surface area contributed by atoms with Crippen LogP contribution in [-0.2, 0) is 4.79 Å². The Bertz CT molecular complexity index is 676. The summed E-state index contributed by atoms with van der Waals surface area (Å²) in [7, 11) is 0. The number of rotatable bonds is 2. The lowest BCUT2D eigenvalue weighted by atomic mass is 10.2. The SMILES string of the molecule is O=C1NC(=S)S/C1=C/c1csc(-c2ccccc2)n1. The zero-order valence-electron chi connectivity index (χ0n) is 9.62. The van der Waals surface area contributed by atoms with Gasteiger partial charge < -0.3 is 5.32 Å². The van der Waals surface area contributed by atoms with Crippen molar-refractivity contribution in [3.05, 3.63) is 46.3 Å². The monoisotopic (exact) mass is 304 g/mol. The molecule has 0 saturated carbocycles. The van der Waals surface area contributed by atoms with E-state index < -0.39 is 0 Å². The minimum absolute atomic E-state index is 0.149. The van der Waals surface area contributed by atoms with Crippen molar-refractivity contribution in [2.45, 2.75) is 0 Å². The van der Waals surface area contributed by atoms with Gasteiger partial charge in [-0.25, -0.2) is 4.98 Å². The largest absolute Gasteiger partial charge is 0.307 e. The van der Waals surface area contributed by atoms with Crippen molar-refractivity contribution in [2.24, 2.45) is 0 Å². The van der Waals surface area contributed by atoms with E-state index in [0.29, 0.717) is 9.23 Å². The third-order valence-corrected chi connectivity index (χ3v) is 4.54. The zero-order valence-corrected chi connectivity index (χ0v) is 12.1. The lowest BCUT2D eigenvalue weighted by molar-refractivity contribution is -0.115. The normalized spacial score (nSPS) is 16.9. The van der Waals surface area contributed by atoms with Crippen molar-refractivity contribution in [3.8, 4) is 10.6 Å². The van der Waals surface area contributed by atoms with Gasteiger partial charge in [-0.3, -0.25) is 4.79 Å². The van der Waals surface area contributed by atoms with E-state index in [1.54, 1.807) is 17.4 Å². The maximum Gasteiger partial charge on any atom is 0.263 e. The zero-order chi connectivity index (χ0) is 13.2. The number of carbonyl (C=O) groups excluding carboxylic acids is 1. The Balaban J connectivity index is 1.89. The molecule has 3 nitrogen and oxygen atoms in total. The van der Waals surface area contributed by atoms with Crippen LogP contribution in [0, 0.1) is 0 Å². The fourth-order valence-electron chi connectivity index (χ4n) is 1.62. The molecule has 0 unspecified atom stereocenters. The van der Waals surface area contributed by atoms with Crippen molar-refractivity contribution in [3.63, 3.8) is 0 Å². The van der Waals surface area contributed by atoms with Crippen LogP contribution in [-0.4, -0.2) is 15.2 Å². The smallest absolute Gasteiger partial charge is 0.263 e.